The fourth-order valence-corrected chi connectivity index (χ4v) is 5.99. The third-order valence-corrected chi connectivity index (χ3v) is 9.28. The summed E-state index contributed by atoms with van der Waals surface area (Å²) in [6, 6.07) is 31.1. The second-order valence-corrected chi connectivity index (χ2v) is 13.8. The molecule has 13 heteroatoms. The monoisotopic (exact) mass is 804 g/mol. The SMILES string of the molecule is C#CCCCC(=O)N(Cc1ccc(Cl)cc1)C(COc1ccc(-c2cc(C(=O)O)no2)cc1)C(=O)NCCCCCC(=O)NCc1ccc(Oc2ccccc2)cc1. The van der Waals surface area contributed by atoms with Crippen LogP contribution in [0.4, 0.5) is 0 Å². The van der Waals surface area contributed by atoms with Crippen LogP contribution in [0.15, 0.2) is 114 Å². The highest BCUT2D eigenvalue weighted by atomic mass is 35.5. The normalized spacial score (nSPS) is 11.2. The van der Waals surface area contributed by atoms with Gasteiger partial charge in [0.1, 0.15) is 29.9 Å². The molecule has 0 aliphatic heterocycles. The minimum Gasteiger partial charge on any atom is -0.491 e. The fraction of sp³-hybridized carbons (Fsp3) is 0.267. The molecule has 5 rings (SSSR count). The van der Waals surface area contributed by atoms with Gasteiger partial charge in [0.25, 0.3) is 0 Å². The van der Waals surface area contributed by atoms with Crippen LogP contribution >= 0.6 is 11.6 Å². The molecule has 1 heterocycles. The minimum atomic E-state index is -1.20. The summed E-state index contributed by atoms with van der Waals surface area (Å²) in [6.07, 6.45) is 8.76. The Morgan fingerprint density at radius 3 is 2.19 bits per heavy atom. The highest BCUT2D eigenvalue weighted by Crippen LogP contribution is 2.25. The molecular formula is C45H45ClN4O8. The first kappa shape index (κ1) is 42.6. The molecular weight excluding hydrogens is 760 g/mol. The summed E-state index contributed by atoms with van der Waals surface area (Å²) in [7, 11) is 0. The maximum absolute atomic E-state index is 13.9. The number of carboxylic acid groups (broad SMARTS) is 1. The van der Waals surface area contributed by atoms with Gasteiger partial charge in [0.05, 0.1) is 0 Å². The summed E-state index contributed by atoms with van der Waals surface area (Å²) < 4.78 is 17.1. The van der Waals surface area contributed by atoms with Crippen LogP contribution in [0.3, 0.4) is 0 Å². The zero-order valence-corrected chi connectivity index (χ0v) is 32.7. The first-order valence-corrected chi connectivity index (χ1v) is 19.3. The number of hydrogen-bond donors (Lipinski definition) is 3. The minimum absolute atomic E-state index is 0.0640. The van der Waals surface area contributed by atoms with Crippen LogP contribution in [0.25, 0.3) is 11.3 Å². The van der Waals surface area contributed by atoms with E-state index in [0.717, 1.165) is 16.9 Å². The van der Waals surface area contributed by atoms with Gasteiger partial charge in [0.2, 0.25) is 17.7 Å². The lowest BCUT2D eigenvalue weighted by Crippen LogP contribution is -2.52. The van der Waals surface area contributed by atoms with Crippen LogP contribution in [0, 0.1) is 12.3 Å². The number of carbonyl (C=O) groups is 4. The molecule has 0 radical (unpaired) electrons. The van der Waals surface area contributed by atoms with E-state index >= 15 is 0 Å². The number of rotatable bonds is 22. The Morgan fingerprint density at radius 1 is 0.810 bits per heavy atom. The molecule has 5 aromatic rings. The summed E-state index contributed by atoms with van der Waals surface area (Å²) in [6.45, 7) is 0.703. The van der Waals surface area contributed by atoms with E-state index in [0.29, 0.717) is 73.7 Å². The van der Waals surface area contributed by atoms with Gasteiger partial charge in [-0.05, 0) is 91.1 Å². The van der Waals surface area contributed by atoms with Crippen LogP contribution in [0.1, 0.15) is 66.6 Å². The number of carbonyl (C=O) groups excluding carboxylic acids is 3. The second-order valence-electron chi connectivity index (χ2n) is 13.4. The third-order valence-electron chi connectivity index (χ3n) is 9.02. The molecule has 0 bridgehead atoms. The molecule has 3 amide bonds. The second kappa shape index (κ2) is 22.2. The van der Waals surface area contributed by atoms with E-state index in [1.54, 1.807) is 48.5 Å². The molecule has 0 saturated heterocycles. The smallest absolute Gasteiger partial charge is 0.358 e. The predicted octanol–water partition coefficient (Wildman–Crippen LogP) is 8.06. The van der Waals surface area contributed by atoms with Crippen molar-refractivity contribution in [1.82, 2.24) is 20.7 Å². The number of terminal acetylenes is 1. The number of ether oxygens (including phenoxy) is 2. The maximum atomic E-state index is 13.9. The summed E-state index contributed by atoms with van der Waals surface area (Å²) in [5.41, 5.74) is 2.09. The van der Waals surface area contributed by atoms with Gasteiger partial charge in [-0.25, -0.2) is 4.79 Å². The average molecular weight is 805 g/mol. The lowest BCUT2D eigenvalue weighted by atomic mass is 10.1. The van der Waals surface area contributed by atoms with Crippen molar-refractivity contribution in [3.63, 3.8) is 0 Å². The standard InChI is InChI=1S/C45H45ClN4O8/c1-2-3-6-14-43(52)50(30-33-15-21-35(46)22-16-33)40(31-56-36-25-19-34(20-26-36)41-28-39(45(54)55)49-58-41)44(53)47-27-10-5-9-13-42(51)48-29-32-17-23-38(24-18-32)57-37-11-7-4-8-12-37/h1,4,7-8,11-12,15-26,28,40H,3,5-6,9-10,13-14,27,29-31H2,(H,47,53)(H,48,51)(H,54,55). The molecule has 300 valence electrons. The van der Waals surface area contributed by atoms with Gasteiger partial charge in [-0.15, -0.1) is 12.3 Å². The van der Waals surface area contributed by atoms with Crippen LogP contribution in [0.2, 0.25) is 5.02 Å². The molecule has 4 aromatic carbocycles. The molecule has 1 atom stereocenters. The van der Waals surface area contributed by atoms with Crippen molar-refractivity contribution in [1.29, 1.82) is 0 Å². The van der Waals surface area contributed by atoms with Crippen molar-refractivity contribution in [2.75, 3.05) is 13.2 Å². The molecule has 0 aliphatic rings. The van der Waals surface area contributed by atoms with Gasteiger partial charge in [-0.2, -0.15) is 0 Å². The molecule has 3 N–H and O–H groups in total. The predicted molar refractivity (Wildman–Crippen MR) is 219 cm³/mol. The molecule has 1 unspecified atom stereocenters. The number of aromatic nitrogens is 1. The Balaban J connectivity index is 1.14. The van der Waals surface area contributed by atoms with Crippen LogP contribution < -0.4 is 20.1 Å². The molecule has 0 spiro atoms. The van der Waals surface area contributed by atoms with E-state index in [2.05, 4.69) is 21.7 Å². The highest BCUT2D eigenvalue weighted by Gasteiger charge is 2.30. The molecule has 0 saturated carbocycles. The Hall–Kier alpha value is -6.58. The summed E-state index contributed by atoms with van der Waals surface area (Å²) >= 11 is 6.12. The topological polar surface area (TPSA) is 160 Å². The number of nitrogens with zero attached hydrogens (tertiary/aromatic N) is 2. The zero-order valence-electron chi connectivity index (χ0n) is 31.9. The Labute approximate surface area is 342 Å². The first-order valence-electron chi connectivity index (χ1n) is 19.0. The molecule has 58 heavy (non-hydrogen) atoms. The lowest BCUT2D eigenvalue weighted by molar-refractivity contribution is -0.142. The number of para-hydroxylation sites is 1. The average Bonchev–Trinajstić information content (AvgIpc) is 3.74. The van der Waals surface area contributed by atoms with E-state index < -0.39 is 17.9 Å². The van der Waals surface area contributed by atoms with E-state index in [9.17, 15) is 19.2 Å². The van der Waals surface area contributed by atoms with Crippen molar-refractivity contribution >= 4 is 35.3 Å². The maximum Gasteiger partial charge on any atom is 0.358 e. The number of carboxylic acids is 1. The fourth-order valence-electron chi connectivity index (χ4n) is 5.86. The summed E-state index contributed by atoms with van der Waals surface area (Å²) in [5, 5.41) is 19.2. The van der Waals surface area contributed by atoms with E-state index in [1.807, 2.05) is 54.6 Å². The number of aromatic carboxylic acids is 1. The molecule has 0 fully saturated rings. The van der Waals surface area contributed by atoms with Gasteiger partial charge in [0.15, 0.2) is 11.5 Å². The van der Waals surface area contributed by atoms with Gasteiger partial charge in [-0.1, -0.05) is 65.6 Å². The lowest BCUT2D eigenvalue weighted by Gasteiger charge is -2.31. The number of benzene rings is 4. The van der Waals surface area contributed by atoms with Crippen molar-refractivity contribution in [3.8, 4) is 40.9 Å². The van der Waals surface area contributed by atoms with E-state index in [-0.39, 0.29) is 42.8 Å². The number of hydrogen-bond acceptors (Lipinski definition) is 8. The van der Waals surface area contributed by atoms with Crippen LogP contribution in [-0.4, -0.2) is 58.0 Å². The van der Waals surface area contributed by atoms with Crippen molar-refractivity contribution in [3.05, 3.63) is 131 Å². The van der Waals surface area contributed by atoms with E-state index in [1.165, 1.54) is 11.0 Å². The van der Waals surface area contributed by atoms with Gasteiger partial charge in [0, 0.05) is 55.5 Å². The first-order chi connectivity index (χ1) is 28.2. The largest absolute Gasteiger partial charge is 0.491 e. The van der Waals surface area contributed by atoms with Gasteiger partial charge < -0.3 is 34.6 Å². The molecule has 1 aromatic heterocycles. The summed E-state index contributed by atoms with van der Waals surface area (Å²) in [4.78, 5) is 52.9. The van der Waals surface area contributed by atoms with Crippen molar-refractivity contribution < 1.29 is 38.3 Å². The Kier molecular flexibility index (Phi) is 16.3. The zero-order chi connectivity index (χ0) is 41.1. The van der Waals surface area contributed by atoms with Crippen molar-refractivity contribution in [2.45, 2.75) is 64.1 Å². The number of halogens is 1. The Bertz CT molecular complexity index is 2130. The number of amides is 3. The molecule has 0 aliphatic carbocycles. The summed E-state index contributed by atoms with van der Waals surface area (Å²) in [5.74, 6) is 2.78. The quantitative estimate of drug-likeness (QED) is 0.0465. The highest BCUT2D eigenvalue weighted by molar-refractivity contribution is 6.30. The van der Waals surface area contributed by atoms with Crippen molar-refractivity contribution in [2.24, 2.45) is 0 Å². The van der Waals surface area contributed by atoms with Crippen LogP contribution in [-0.2, 0) is 27.5 Å². The number of unbranched alkanes of at least 4 members (excludes halogenated alkanes) is 3. The van der Waals surface area contributed by atoms with Gasteiger partial charge in [-0.3, -0.25) is 14.4 Å². The molecule has 12 nitrogen and oxygen atoms in total. The Morgan fingerprint density at radius 2 is 1.50 bits per heavy atom. The van der Waals surface area contributed by atoms with E-state index in [4.69, 9.17) is 37.1 Å². The van der Waals surface area contributed by atoms with Gasteiger partial charge >= 0.3 is 5.97 Å². The number of nitrogens with one attached hydrogen (secondary N) is 2. The van der Waals surface area contributed by atoms with Crippen LogP contribution in [0.5, 0.6) is 17.2 Å². The third kappa shape index (κ3) is 13.6.